The van der Waals surface area contributed by atoms with Crippen molar-refractivity contribution in [3.05, 3.63) is 47.9 Å². The average molecular weight is 255 g/mol. The maximum absolute atomic E-state index is 5.84. The summed E-state index contributed by atoms with van der Waals surface area (Å²) in [5.41, 5.74) is 4.72. The van der Waals surface area contributed by atoms with Crippen LogP contribution >= 0.6 is 0 Å². The Morgan fingerprint density at radius 3 is 3.11 bits per heavy atom. The summed E-state index contributed by atoms with van der Waals surface area (Å²) in [5.74, 6) is 0. The minimum absolute atomic E-state index is 0.130. The van der Waals surface area contributed by atoms with Gasteiger partial charge in [-0.05, 0) is 24.6 Å². The smallest absolute Gasteiger partial charge is 0.0952 e. The van der Waals surface area contributed by atoms with E-state index in [1.165, 1.54) is 16.7 Å². The minimum atomic E-state index is 0.130. The normalized spacial score (nSPS) is 18.1. The zero-order chi connectivity index (χ0) is 13.1. The molecule has 1 atom stereocenters. The number of likely N-dealkylation sites (N-methyl/N-ethyl adjacent to an activating group) is 1. The van der Waals surface area contributed by atoms with E-state index in [-0.39, 0.29) is 6.10 Å². The molecule has 1 aliphatic rings. The molecule has 4 nitrogen and oxygen atoms in total. The Balaban J connectivity index is 2.06. The van der Waals surface area contributed by atoms with Gasteiger partial charge in [0.05, 0.1) is 24.6 Å². The quantitative estimate of drug-likeness (QED) is 0.911. The number of benzene rings is 1. The molecule has 1 aliphatic heterocycles. The standard InChI is InChI=1S/C15H17N3O/c1-16-10-15-13-4-2-3-12(11(13)5-8-19-15)14-9-17-6-7-18-14/h2-4,6-7,9,15-16H,5,8,10H2,1H3. The highest BCUT2D eigenvalue weighted by Crippen LogP contribution is 2.33. The lowest BCUT2D eigenvalue weighted by molar-refractivity contribution is 0.0440. The lowest BCUT2D eigenvalue weighted by atomic mass is 9.91. The first kappa shape index (κ1) is 12.3. The summed E-state index contributed by atoms with van der Waals surface area (Å²) in [4.78, 5) is 8.57. The van der Waals surface area contributed by atoms with Crippen molar-refractivity contribution in [3.8, 4) is 11.3 Å². The highest BCUT2D eigenvalue weighted by atomic mass is 16.5. The van der Waals surface area contributed by atoms with Crippen LogP contribution in [0.2, 0.25) is 0 Å². The molecular weight excluding hydrogens is 238 g/mol. The Morgan fingerprint density at radius 2 is 2.32 bits per heavy atom. The summed E-state index contributed by atoms with van der Waals surface area (Å²) >= 11 is 0. The molecule has 0 bridgehead atoms. The molecule has 1 aromatic carbocycles. The molecule has 0 saturated carbocycles. The third-order valence-electron chi connectivity index (χ3n) is 3.46. The van der Waals surface area contributed by atoms with Crippen LogP contribution in [0.4, 0.5) is 0 Å². The lowest BCUT2D eigenvalue weighted by Crippen LogP contribution is -2.25. The predicted octanol–water partition coefficient (Wildman–Crippen LogP) is 1.98. The molecule has 0 aliphatic carbocycles. The van der Waals surface area contributed by atoms with Crippen LogP contribution in [0.5, 0.6) is 0 Å². The van der Waals surface area contributed by atoms with Crippen LogP contribution < -0.4 is 5.32 Å². The topological polar surface area (TPSA) is 47.0 Å². The molecule has 2 heterocycles. The van der Waals surface area contributed by atoms with Crippen LogP contribution in [0.15, 0.2) is 36.8 Å². The van der Waals surface area contributed by atoms with E-state index in [1.807, 2.05) is 13.2 Å². The van der Waals surface area contributed by atoms with Crippen molar-refractivity contribution < 1.29 is 4.74 Å². The van der Waals surface area contributed by atoms with E-state index in [0.717, 1.165) is 25.3 Å². The second-order valence-corrected chi connectivity index (χ2v) is 4.63. The summed E-state index contributed by atoms with van der Waals surface area (Å²) in [7, 11) is 1.95. The second-order valence-electron chi connectivity index (χ2n) is 4.63. The highest BCUT2D eigenvalue weighted by Gasteiger charge is 2.22. The third-order valence-corrected chi connectivity index (χ3v) is 3.46. The third kappa shape index (κ3) is 2.37. The first-order valence-electron chi connectivity index (χ1n) is 6.54. The Labute approximate surface area is 112 Å². The molecule has 0 fully saturated rings. The molecular formula is C15H17N3O. The molecule has 0 amide bonds. The van der Waals surface area contributed by atoms with E-state index in [9.17, 15) is 0 Å². The number of rotatable bonds is 3. The fourth-order valence-corrected chi connectivity index (χ4v) is 2.61. The summed E-state index contributed by atoms with van der Waals surface area (Å²) in [6.07, 6.45) is 6.32. The van der Waals surface area contributed by atoms with Gasteiger partial charge in [0.1, 0.15) is 0 Å². The Hall–Kier alpha value is -1.78. The molecule has 1 unspecified atom stereocenters. The minimum Gasteiger partial charge on any atom is -0.372 e. The van der Waals surface area contributed by atoms with Gasteiger partial charge in [0.2, 0.25) is 0 Å². The van der Waals surface area contributed by atoms with Gasteiger partial charge in [0.25, 0.3) is 0 Å². The molecule has 0 saturated heterocycles. The van der Waals surface area contributed by atoms with Crippen molar-refractivity contribution in [2.75, 3.05) is 20.2 Å². The molecule has 1 aromatic heterocycles. The number of hydrogen-bond acceptors (Lipinski definition) is 4. The fraction of sp³-hybridized carbons (Fsp3) is 0.333. The number of hydrogen-bond donors (Lipinski definition) is 1. The van der Waals surface area contributed by atoms with E-state index in [1.54, 1.807) is 12.4 Å². The number of nitrogens with one attached hydrogen (secondary N) is 1. The maximum Gasteiger partial charge on any atom is 0.0952 e. The molecule has 3 rings (SSSR count). The van der Waals surface area contributed by atoms with Gasteiger partial charge in [0.15, 0.2) is 0 Å². The van der Waals surface area contributed by atoms with Crippen LogP contribution in [0, 0.1) is 0 Å². The number of ether oxygens (including phenoxy) is 1. The lowest BCUT2D eigenvalue weighted by Gasteiger charge is -2.27. The van der Waals surface area contributed by atoms with Gasteiger partial charge < -0.3 is 10.1 Å². The number of fused-ring (bicyclic) bond motifs is 1. The SMILES string of the molecule is CNCC1OCCc2c(-c3cnccn3)cccc21. The van der Waals surface area contributed by atoms with Crippen LogP contribution in [-0.4, -0.2) is 30.2 Å². The monoisotopic (exact) mass is 255 g/mol. The van der Waals surface area contributed by atoms with Gasteiger partial charge in [0, 0.05) is 24.5 Å². The molecule has 4 heteroatoms. The van der Waals surface area contributed by atoms with E-state index < -0.39 is 0 Å². The molecule has 0 spiro atoms. The zero-order valence-corrected chi connectivity index (χ0v) is 11.0. The van der Waals surface area contributed by atoms with Crippen molar-refractivity contribution >= 4 is 0 Å². The average Bonchev–Trinajstić information content (AvgIpc) is 2.48. The van der Waals surface area contributed by atoms with Gasteiger partial charge in [-0.1, -0.05) is 18.2 Å². The summed E-state index contributed by atoms with van der Waals surface area (Å²) in [6.45, 7) is 1.59. The van der Waals surface area contributed by atoms with Gasteiger partial charge in [-0.3, -0.25) is 9.97 Å². The Bertz CT molecular complexity index is 557. The van der Waals surface area contributed by atoms with Crippen molar-refractivity contribution in [2.45, 2.75) is 12.5 Å². The van der Waals surface area contributed by atoms with Gasteiger partial charge in [-0.15, -0.1) is 0 Å². The predicted molar refractivity (Wildman–Crippen MR) is 73.8 cm³/mol. The molecule has 2 aromatic rings. The van der Waals surface area contributed by atoms with Crippen LogP contribution in [0.25, 0.3) is 11.3 Å². The van der Waals surface area contributed by atoms with Crippen molar-refractivity contribution in [1.29, 1.82) is 0 Å². The highest BCUT2D eigenvalue weighted by molar-refractivity contribution is 5.65. The van der Waals surface area contributed by atoms with E-state index in [0.29, 0.717) is 0 Å². The van der Waals surface area contributed by atoms with Crippen LogP contribution in [-0.2, 0) is 11.2 Å². The molecule has 1 N–H and O–H groups in total. The summed E-state index contributed by atoms with van der Waals surface area (Å²) in [6, 6.07) is 6.33. The second kappa shape index (κ2) is 5.47. The van der Waals surface area contributed by atoms with Crippen molar-refractivity contribution in [3.63, 3.8) is 0 Å². The number of nitrogens with zero attached hydrogens (tertiary/aromatic N) is 2. The fourth-order valence-electron chi connectivity index (χ4n) is 2.61. The molecule has 19 heavy (non-hydrogen) atoms. The number of aromatic nitrogens is 2. The first-order valence-corrected chi connectivity index (χ1v) is 6.54. The maximum atomic E-state index is 5.84. The molecule has 0 radical (unpaired) electrons. The largest absolute Gasteiger partial charge is 0.372 e. The summed E-state index contributed by atoms with van der Waals surface area (Å²) < 4.78 is 5.84. The van der Waals surface area contributed by atoms with Gasteiger partial charge in [-0.2, -0.15) is 0 Å². The van der Waals surface area contributed by atoms with Crippen LogP contribution in [0.3, 0.4) is 0 Å². The first-order chi connectivity index (χ1) is 9.40. The van der Waals surface area contributed by atoms with E-state index in [2.05, 4.69) is 33.5 Å². The van der Waals surface area contributed by atoms with Crippen molar-refractivity contribution in [1.82, 2.24) is 15.3 Å². The van der Waals surface area contributed by atoms with Gasteiger partial charge >= 0.3 is 0 Å². The Kier molecular flexibility index (Phi) is 3.53. The Morgan fingerprint density at radius 1 is 1.37 bits per heavy atom. The van der Waals surface area contributed by atoms with E-state index in [4.69, 9.17) is 4.74 Å². The zero-order valence-electron chi connectivity index (χ0n) is 11.0. The van der Waals surface area contributed by atoms with Crippen LogP contribution in [0.1, 0.15) is 17.2 Å². The van der Waals surface area contributed by atoms with Gasteiger partial charge in [-0.25, -0.2) is 0 Å². The summed E-state index contributed by atoms with van der Waals surface area (Å²) in [5, 5.41) is 3.18. The van der Waals surface area contributed by atoms with E-state index >= 15 is 0 Å². The molecule has 98 valence electrons. The van der Waals surface area contributed by atoms with Crippen molar-refractivity contribution in [2.24, 2.45) is 0 Å².